The van der Waals surface area contributed by atoms with Gasteiger partial charge in [-0.05, 0) is 25.2 Å². The molecule has 0 bridgehead atoms. The Hall–Kier alpha value is -0.530. The summed E-state index contributed by atoms with van der Waals surface area (Å²) >= 11 is 0. The van der Waals surface area contributed by atoms with Crippen LogP contribution in [0.4, 0.5) is 0 Å². The fraction of sp³-hybridized carbons (Fsp3) is 0.889. The highest BCUT2D eigenvalue weighted by Gasteiger charge is 2.04. The van der Waals surface area contributed by atoms with E-state index in [0.717, 1.165) is 24.7 Å². The standard InChI is InChI=1S/C9H18N2/c1-8-4-2-6-9(10)11-7-3-5-8/h8H,2-7H2,1H3,(H2,10,11). The zero-order valence-corrected chi connectivity index (χ0v) is 7.34. The number of nitrogens with zero attached hydrogens (tertiary/aromatic N) is 1. The number of hydrogen-bond acceptors (Lipinski definition) is 2. The number of aliphatic imine (C=N–C) groups is 1. The van der Waals surface area contributed by atoms with Crippen LogP contribution in [0.15, 0.2) is 4.99 Å². The fourth-order valence-corrected chi connectivity index (χ4v) is 1.52. The molecular weight excluding hydrogens is 136 g/mol. The Balaban J connectivity index is 2.35. The van der Waals surface area contributed by atoms with Crippen molar-refractivity contribution in [1.29, 1.82) is 0 Å². The third kappa shape index (κ3) is 3.40. The molecule has 2 heteroatoms. The van der Waals surface area contributed by atoms with E-state index in [1.807, 2.05) is 0 Å². The first-order valence-electron chi connectivity index (χ1n) is 4.58. The third-order valence-electron chi connectivity index (χ3n) is 2.30. The van der Waals surface area contributed by atoms with Gasteiger partial charge in [0.1, 0.15) is 0 Å². The molecule has 2 nitrogen and oxygen atoms in total. The molecule has 64 valence electrons. The summed E-state index contributed by atoms with van der Waals surface area (Å²) in [6, 6.07) is 0. The van der Waals surface area contributed by atoms with E-state index in [4.69, 9.17) is 5.73 Å². The minimum absolute atomic E-state index is 0.860. The fourth-order valence-electron chi connectivity index (χ4n) is 1.52. The van der Waals surface area contributed by atoms with E-state index < -0.39 is 0 Å². The number of amidine groups is 1. The summed E-state index contributed by atoms with van der Waals surface area (Å²) in [4.78, 5) is 4.27. The third-order valence-corrected chi connectivity index (χ3v) is 2.30. The van der Waals surface area contributed by atoms with Gasteiger partial charge in [-0.3, -0.25) is 4.99 Å². The summed E-state index contributed by atoms with van der Waals surface area (Å²) < 4.78 is 0. The van der Waals surface area contributed by atoms with Crippen LogP contribution < -0.4 is 5.73 Å². The maximum Gasteiger partial charge on any atom is 0.0937 e. The monoisotopic (exact) mass is 154 g/mol. The topological polar surface area (TPSA) is 38.4 Å². The van der Waals surface area contributed by atoms with Gasteiger partial charge in [0, 0.05) is 13.0 Å². The zero-order valence-electron chi connectivity index (χ0n) is 7.34. The lowest BCUT2D eigenvalue weighted by Crippen LogP contribution is -2.11. The Morgan fingerprint density at radius 1 is 1.36 bits per heavy atom. The molecule has 1 unspecified atom stereocenters. The van der Waals surface area contributed by atoms with E-state index in [-0.39, 0.29) is 0 Å². The van der Waals surface area contributed by atoms with Crippen LogP contribution in [0.25, 0.3) is 0 Å². The van der Waals surface area contributed by atoms with Crippen molar-refractivity contribution in [2.45, 2.75) is 39.0 Å². The first kappa shape index (κ1) is 8.57. The summed E-state index contributed by atoms with van der Waals surface area (Å²) in [5, 5.41) is 0. The zero-order chi connectivity index (χ0) is 8.10. The second-order valence-electron chi connectivity index (χ2n) is 3.51. The van der Waals surface area contributed by atoms with Crippen LogP contribution in [0.2, 0.25) is 0 Å². The smallest absolute Gasteiger partial charge is 0.0937 e. The van der Waals surface area contributed by atoms with Crippen molar-refractivity contribution in [3.63, 3.8) is 0 Å². The van der Waals surface area contributed by atoms with Crippen molar-refractivity contribution in [3.05, 3.63) is 0 Å². The molecule has 2 N–H and O–H groups in total. The molecule has 11 heavy (non-hydrogen) atoms. The van der Waals surface area contributed by atoms with Gasteiger partial charge in [0.05, 0.1) is 5.84 Å². The molecule has 0 aromatic heterocycles. The molecule has 0 aliphatic carbocycles. The van der Waals surface area contributed by atoms with Crippen LogP contribution in [0.3, 0.4) is 0 Å². The van der Waals surface area contributed by atoms with Crippen LogP contribution >= 0.6 is 0 Å². The van der Waals surface area contributed by atoms with Crippen molar-refractivity contribution in [3.8, 4) is 0 Å². The van der Waals surface area contributed by atoms with Gasteiger partial charge >= 0.3 is 0 Å². The van der Waals surface area contributed by atoms with Crippen LogP contribution in [-0.4, -0.2) is 12.4 Å². The lowest BCUT2D eigenvalue weighted by molar-refractivity contribution is 0.472. The Morgan fingerprint density at radius 2 is 2.09 bits per heavy atom. The average molecular weight is 154 g/mol. The highest BCUT2D eigenvalue weighted by atomic mass is 14.8. The van der Waals surface area contributed by atoms with Crippen LogP contribution in [0.1, 0.15) is 39.0 Å². The molecule has 1 rings (SSSR count). The average Bonchev–Trinajstić information content (AvgIpc) is 2.04. The minimum Gasteiger partial charge on any atom is -0.387 e. The van der Waals surface area contributed by atoms with E-state index in [1.54, 1.807) is 0 Å². The van der Waals surface area contributed by atoms with Gasteiger partial charge in [0.2, 0.25) is 0 Å². The summed E-state index contributed by atoms with van der Waals surface area (Å²) in [7, 11) is 0. The molecule has 1 aliphatic rings. The molecular formula is C9H18N2. The SMILES string of the molecule is CC1CCC/N=C(/N)CCC1. The van der Waals surface area contributed by atoms with Gasteiger partial charge in [0.25, 0.3) is 0 Å². The normalized spacial score (nSPS) is 32.8. The Kier molecular flexibility index (Phi) is 3.40. The molecule has 1 aliphatic heterocycles. The number of hydrogen-bond donors (Lipinski definition) is 1. The van der Waals surface area contributed by atoms with Crippen molar-refractivity contribution in [2.24, 2.45) is 16.6 Å². The van der Waals surface area contributed by atoms with Crippen LogP contribution in [0, 0.1) is 5.92 Å². The van der Waals surface area contributed by atoms with Gasteiger partial charge < -0.3 is 5.73 Å². The molecule has 0 spiro atoms. The maximum absolute atomic E-state index is 5.67. The molecule has 0 aromatic carbocycles. The molecule has 1 atom stereocenters. The molecule has 0 fully saturated rings. The highest BCUT2D eigenvalue weighted by molar-refractivity contribution is 5.80. The second-order valence-corrected chi connectivity index (χ2v) is 3.51. The van der Waals surface area contributed by atoms with Crippen LogP contribution in [-0.2, 0) is 0 Å². The number of rotatable bonds is 0. The molecule has 0 amide bonds. The highest BCUT2D eigenvalue weighted by Crippen LogP contribution is 2.15. The van der Waals surface area contributed by atoms with Crippen molar-refractivity contribution in [2.75, 3.05) is 6.54 Å². The molecule has 0 aromatic rings. The van der Waals surface area contributed by atoms with Crippen molar-refractivity contribution >= 4 is 5.84 Å². The van der Waals surface area contributed by atoms with Gasteiger partial charge in [0.15, 0.2) is 0 Å². The lowest BCUT2D eigenvalue weighted by atomic mass is 9.99. The van der Waals surface area contributed by atoms with Crippen molar-refractivity contribution in [1.82, 2.24) is 0 Å². The second kappa shape index (κ2) is 4.37. The van der Waals surface area contributed by atoms with E-state index in [9.17, 15) is 0 Å². The molecule has 1 heterocycles. The molecule has 0 saturated heterocycles. The quantitative estimate of drug-likeness (QED) is 0.569. The summed E-state index contributed by atoms with van der Waals surface area (Å²) in [6.07, 6.45) is 6.07. The maximum atomic E-state index is 5.67. The van der Waals surface area contributed by atoms with Gasteiger partial charge in [-0.15, -0.1) is 0 Å². The first-order valence-corrected chi connectivity index (χ1v) is 4.58. The predicted octanol–water partition coefficient (Wildman–Crippen LogP) is 1.94. The van der Waals surface area contributed by atoms with E-state index in [1.165, 1.54) is 25.7 Å². The Morgan fingerprint density at radius 3 is 2.91 bits per heavy atom. The molecule has 0 saturated carbocycles. The Bertz CT molecular complexity index is 140. The first-order chi connectivity index (χ1) is 5.29. The minimum atomic E-state index is 0.860. The largest absolute Gasteiger partial charge is 0.387 e. The van der Waals surface area contributed by atoms with Gasteiger partial charge in [-0.25, -0.2) is 0 Å². The van der Waals surface area contributed by atoms with Crippen LogP contribution in [0.5, 0.6) is 0 Å². The van der Waals surface area contributed by atoms with Gasteiger partial charge in [-0.1, -0.05) is 13.3 Å². The Labute approximate surface area is 68.9 Å². The predicted molar refractivity (Wildman–Crippen MR) is 48.7 cm³/mol. The molecule has 0 radical (unpaired) electrons. The summed E-state index contributed by atoms with van der Waals surface area (Å²) in [5.41, 5.74) is 5.67. The lowest BCUT2D eigenvalue weighted by Gasteiger charge is -2.07. The summed E-state index contributed by atoms with van der Waals surface area (Å²) in [6.45, 7) is 3.26. The van der Waals surface area contributed by atoms with E-state index in [2.05, 4.69) is 11.9 Å². The van der Waals surface area contributed by atoms with E-state index in [0.29, 0.717) is 0 Å². The van der Waals surface area contributed by atoms with Crippen molar-refractivity contribution < 1.29 is 0 Å². The number of nitrogens with two attached hydrogens (primary N) is 1. The summed E-state index contributed by atoms with van der Waals surface area (Å²) in [5.74, 6) is 1.73. The van der Waals surface area contributed by atoms with E-state index >= 15 is 0 Å². The van der Waals surface area contributed by atoms with Gasteiger partial charge in [-0.2, -0.15) is 0 Å².